The van der Waals surface area contributed by atoms with Gasteiger partial charge in [-0.25, -0.2) is 0 Å². The maximum absolute atomic E-state index is 13.2. The number of hydrogen-bond acceptors (Lipinski definition) is 8. The molecule has 0 aromatic heterocycles. The number of carbonyl (C=O) groups is 5. The van der Waals surface area contributed by atoms with Gasteiger partial charge >= 0.3 is 5.97 Å². The van der Waals surface area contributed by atoms with Gasteiger partial charge in [-0.3, -0.25) is 19.2 Å². The summed E-state index contributed by atoms with van der Waals surface area (Å²) in [5.41, 5.74) is -0.905. The van der Waals surface area contributed by atoms with Crippen LogP contribution in [-0.2, 0) is 28.7 Å². The number of nitrogens with one attached hydrogen (secondary N) is 1. The van der Waals surface area contributed by atoms with E-state index in [-0.39, 0.29) is 30.0 Å². The van der Waals surface area contributed by atoms with Crippen molar-refractivity contribution in [3.05, 3.63) is 11.6 Å². The zero-order valence-electron chi connectivity index (χ0n) is 21.1. The zero-order valence-corrected chi connectivity index (χ0v) is 21.1. The Labute approximate surface area is 211 Å². The number of esters is 1. The van der Waals surface area contributed by atoms with Gasteiger partial charge in [0.25, 0.3) is 0 Å². The maximum atomic E-state index is 13.2. The van der Waals surface area contributed by atoms with E-state index in [9.17, 15) is 34.2 Å². The van der Waals surface area contributed by atoms with Crippen LogP contribution in [0.5, 0.6) is 0 Å². The summed E-state index contributed by atoms with van der Waals surface area (Å²) in [6, 6.07) is 0. The first-order chi connectivity index (χ1) is 16.9. The van der Waals surface area contributed by atoms with Crippen LogP contribution in [-0.4, -0.2) is 53.3 Å². The number of fused-ring (bicyclic) bond motifs is 5. The molecule has 4 rings (SSSR count). The molecule has 0 bridgehead atoms. The molecule has 6 atom stereocenters. The number of ether oxygens (including phenoxy) is 1. The van der Waals surface area contributed by atoms with E-state index in [0.717, 1.165) is 32.1 Å². The van der Waals surface area contributed by atoms with Crippen molar-refractivity contribution in [3.63, 3.8) is 0 Å². The van der Waals surface area contributed by atoms with E-state index in [2.05, 4.69) is 12.2 Å². The van der Waals surface area contributed by atoms with Crippen molar-refractivity contribution in [1.29, 1.82) is 0 Å². The molecule has 9 heteroatoms. The Morgan fingerprint density at radius 1 is 1.06 bits per heavy atom. The second kappa shape index (κ2) is 9.72. The summed E-state index contributed by atoms with van der Waals surface area (Å²) < 4.78 is 5.09. The number of rotatable bonds is 8. The van der Waals surface area contributed by atoms with Crippen LogP contribution in [0.2, 0.25) is 0 Å². The Kier molecular flexibility index (Phi) is 7.16. The van der Waals surface area contributed by atoms with Crippen molar-refractivity contribution >= 4 is 29.4 Å². The zero-order chi connectivity index (χ0) is 26.3. The highest BCUT2D eigenvalue weighted by Crippen LogP contribution is 2.67. The van der Waals surface area contributed by atoms with Crippen LogP contribution in [0, 0.1) is 28.6 Å². The Bertz CT molecular complexity index is 1000. The molecule has 0 aliphatic heterocycles. The van der Waals surface area contributed by atoms with Crippen molar-refractivity contribution in [2.45, 2.75) is 83.7 Å². The molecule has 2 N–H and O–H groups in total. The normalized spacial score (nSPS) is 37.1. The smallest absolute Gasteiger partial charge is 0.306 e. The molecule has 3 fully saturated rings. The molecule has 0 aromatic carbocycles. The van der Waals surface area contributed by atoms with Gasteiger partial charge in [0.15, 0.2) is 12.4 Å². The highest BCUT2D eigenvalue weighted by Gasteiger charge is 2.66. The molecule has 4 aliphatic carbocycles. The van der Waals surface area contributed by atoms with Gasteiger partial charge in [-0.05, 0) is 74.2 Å². The molecule has 0 saturated heterocycles. The van der Waals surface area contributed by atoms with Crippen molar-refractivity contribution < 1.29 is 38.9 Å². The van der Waals surface area contributed by atoms with Crippen LogP contribution in [0.3, 0.4) is 0 Å². The summed E-state index contributed by atoms with van der Waals surface area (Å²) in [5, 5.41) is 24.1. The van der Waals surface area contributed by atoms with Crippen LogP contribution >= 0.6 is 0 Å². The van der Waals surface area contributed by atoms with Gasteiger partial charge in [-0.2, -0.15) is 0 Å². The van der Waals surface area contributed by atoms with E-state index in [1.165, 1.54) is 5.57 Å². The van der Waals surface area contributed by atoms with E-state index < -0.39 is 47.8 Å². The van der Waals surface area contributed by atoms with Crippen LogP contribution in [0.25, 0.3) is 0 Å². The standard InChI is InChI=1S/C27H37NO8/c1-25-10-7-17(29)13-16(25)3-4-18-19(25)8-11-26(2)20(18)9-12-27(26,35)21(30)15-36-24(34)6-5-22(31)28-14-23(32)33/h13,18-20,35H,3-12,14-15H2,1-2H3,(H,28,31)(H,32,33)/p-1/t18-,19-,20+,25+,26-,27+/m0/s1. The molecule has 1 amide bonds. The fourth-order valence-electron chi connectivity index (χ4n) is 7.85. The minimum absolute atomic E-state index is 0.00563. The number of Topliss-reactive ketones (excluding diaryl/α,β-unsaturated/α-hetero) is 1. The third-order valence-electron chi connectivity index (χ3n) is 9.93. The molecule has 0 aromatic rings. The number of carboxylic acid groups (broad SMARTS) is 1. The third kappa shape index (κ3) is 4.51. The summed E-state index contributed by atoms with van der Waals surface area (Å²) in [7, 11) is 0. The fourth-order valence-corrected chi connectivity index (χ4v) is 7.85. The van der Waals surface area contributed by atoms with Gasteiger partial charge in [-0.15, -0.1) is 0 Å². The number of amides is 1. The molecule has 0 unspecified atom stereocenters. The second-order valence-corrected chi connectivity index (χ2v) is 11.6. The lowest BCUT2D eigenvalue weighted by Gasteiger charge is -2.58. The highest BCUT2D eigenvalue weighted by molar-refractivity contribution is 5.92. The van der Waals surface area contributed by atoms with E-state index in [0.29, 0.717) is 31.1 Å². The second-order valence-electron chi connectivity index (χ2n) is 11.6. The number of allylic oxidation sites excluding steroid dienone is 1. The molecule has 0 heterocycles. The minimum atomic E-state index is -1.58. The summed E-state index contributed by atoms with van der Waals surface area (Å²) in [5.74, 6) is -2.12. The van der Waals surface area contributed by atoms with Crippen LogP contribution in [0.4, 0.5) is 0 Å². The molecule has 3 saturated carbocycles. The largest absolute Gasteiger partial charge is 0.548 e. The van der Waals surface area contributed by atoms with Crippen molar-refractivity contribution in [2.75, 3.05) is 13.2 Å². The fraction of sp³-hybridized carbons (Fsp3) is 0.741. The van der Waals surface area contributed by atoms with Gasteiger partial charge in [0, 0.05) is 18.3 Å². The van der Waals surface area contributed by atoms with E-state index in [1.54, 1.807) is 0 Å². The third-order valence-corrected chi connectivity index (χ3v) is 9.93. The van der Waals surface area contributed by atoms with Gasteiger partial charge in [0.1, 0.15) is 5.60 Å². The average Bonchev–Trinajstić information content (AvgIpc) is 3.12. The highest BCUT2D eigenvalue weighted by atomic mass is 16.5. The molecule has 9 nitrogen and oxygen atoms in total. The Balaban J connectivity index is 1.37. The van der Waals surface area contributed by atoms with Crippen LogP contribution < -0.4 is 10.4 Å². The molecule has 4 aliphatic rings. The molecule has 198 valence electrons. The van der Waals surface area contributed by atoms with Gasteiger partial charge in [0.2, 0.25) is 11.7 Å². The van der Waals surface area contributed by atoms with Crippen molar-refractivity contribution in [3.8, 4) is 0 Å². The average molecular weight is 503 g/mol. The SMILES string of the molecule is C[C@]12CC[C@H]3[C@H](CCC4=CC(=O)CC[C@]43C)[C@H]1CC[C@@]2(O)C(=O)COC(=O)CCC(=O)NCC(=O)[O-]. The number of carboxylic acids is 1. The predicted molar refractivity (Wildman–Crippen MR) is 125 cm³/mol. The molecule has 0 spiro atoms. The minimum Gasteiger partial charge on any atom is -0.548 e. The van der Waals surface area contributed by atoms with Gasteiger partial charge in [-0.1, -0.05) is 19.4 Å². The van der Waals surface area contributed by atoms with E-state index >= 15 is 0 Å². The summed E-state index contributed by atoms with van der Waals surface area (Å²) in [6.07, 6.45) is 7.24. The lowest BCUT2D eigenvalue weighted by Crippen LogP contribution is -2.58. The predicted octanol–water partition coefficient (Wildman–Crippen LogP) is 1.01. The van der Waals surface area contributed by atoms with Gasteiger partial charge < -0.3 is 25.1 Å². The quantitative estimate of drug-likeness (QED) is 0.467. The van der Waals surface area contributed by atoms with Crippen molar-refractivity contribution in [2.24, 2.45) is 28.6 Å². The number of aliphatic carboxylic acids is 1. The molecular weight excluding hydrogens is 466 g/mol. The Hall–Kier alpha value is -2.55. The van der Waals surface area contributed by atoms with Crippen LogP contribution in [0.1, 0.15) is 78.1 Å². The lowest BCUT2D eigenvalue weighted by molar-refractivity contribution is -0.304. The molecule has 0 radical (unpaired) electrons. The van der Waals surface area contributed by atoms with Crippen molar-refractivity contribution in [1.82, 2.24) is 5.32 Å². The number of aliphatic hydroxyl groups is 1. The van der Waals surface area contributed by atoms with Crippen LogP contribution in [0.15, 0.2) is 11.6 Å². The Morgan fingerprint density at radius 3 is 2.50 bits per heavy atom. The summed E-state index contributed by atoms with van der Waals surface area (Å²) >= 11 is 0. The molecular formula is C27H36NO8-. The summed E-state index contributed by atoms with van der Waals surface area (Å²) in [6.45, 7) is 3.09. The Morgan fingerprint density at radius 2 is 1.78 bits per heavy atom. The first-order valence-electron chi connectivity index (χ1n) is 13.0. The first kappa shape index (κ1) is 26.5. The first-order valence-corrected chi connectivity index (χ1v) is 13.0. The van der Waals surface area contributed by atoms with Gasteiger partial charge in [0.05, 0.1) is 18.9 Å². The maximum Gasteiger partial charge on any atom is 0.306 e. The number of hydrogen-bond donors (Lipinski definition) is 2. The van der Waals surface area contributed by atoms with E-state index in [1.807, 2.05) is 13.0 Å². The van der Waals surface area contributed by atoms with E-state index in [4.69, 9.17) is 4.74 Å². The molecule has 36 heavy (non-hydrogen) atoms. The lowest BCUT2D eigenvalue weighted by atomic mass is 9.46. The number of ketones is 2. The number of carbonyl (C=O) groups excluding carboxylic acids is 5. The monoisotopic (exact) mass is 502 g/mol. The topological polar surface area (TPSA) is 150 Å². The summed E-state index contributed by atoms with van der Waals surface area (Å²) in [4.78, 5) is 59.2.